The zero-order valence-corrected chi connectivity index (χ0v) is 8.64. The predicted molar refractivity (Wildman–Crippen MR) is 55.0 cm³/mol. The fourth-order valence-corrected chi connectivity index (χ4v) is 1.79. The molecule has 16 heavy (non-hydrogen) atoms. The van der Waals surface area contributed by atoms with Crippen molar-refractivity contribution in [2.75, 3.05) is 0 Å². The first kappa shape index (κ1) is 10.7. The topological polar surface area (TPSA) is 98.0 Å². The molecule has 1 saturated heterocycles. The van der Waals surface area contributed by atoms with Gasteiger partial charge in [0, 0.05) is 19.2 Å². The molecule has 3 N–H and O–H groups in total. The van der Waals surface area contributed by atoms with E-state index in [2.05, 4.69) is 15.5 Å². The van der Waals surface area contributed by atoms with Crippen molar-refractivity contribution < 1.29 is 9.59 Å². The van der Waals surface area contributed by atoms with Crippen LogP contribution in [0.25, 0.3) is 0 Å². The molecule has 2 heterocycles. The van der Waals surface area contributed by atoms with Crippen molar-refractivity contribution in [2.45, 2.75) is 25.3 Å². The molecule has 2 amide bonds. The van der Waals surface area contributed by atoms with E-state index in [1.165, 1.54) is 6.20 Å². The second-order valence-corrected chi connectivity index (χ2v) is 3.65. The number of carbonyl (C=O) groups is 2. The van der Waals surface area contributed by atoms with E-state index in [4.69, 9.17) is 5.73 Å². The van der Waals surface area contributed by atoms with E-state index in [-0.39, 0.29) is 11.8 Å². The summed E-state index contributed by atoms with van der Waals surface area (Å²) in [6, 6.07) is 1.74. The molecule has 1 aliphatic rings. The molecule has 1 fully saturated rings. The lowest BCUT2D eigenvalue weighted by Crippen LogP contribution is -2.40. The number of nitrogens with zero attached hydrogens (tertiary/aromatic N) is 2. The maximum atomic E-state index is 11.6. The highest BCUT2D eigenvalue weighted by Gasteiger charge is 2.30. The highest BCUT2D eigenvalue weighted by atomic mass is 16.2. The van der Waals surface area contributed by atoms with Crippen LogP contribution in [0, 0.1) is 0 Å². The van der Waals surface area contributed by atoms with E-state index < -0.39 is 5.92 Å². The number of nitrogens with one attached hydrogen (secondary N) is 1. The van der Waals surface area contributed by atoms with Gasteiger partial charge in [-0.2, -0.15) is 10.2 Å². The third kappa shape index (κ3) is 1.92. The van der Waals surface area contributed by atoms with Crippen LogP contribution >= 0.6 is 0 Å². The van der Waals surface area contributed by atoms with Crippen molar-refractivity contribution in [3.8, 4) is 0 Å². The number of imide groups is 1. The first-order valence-electron chi connectivity index (χ1n) is 5.06. The van der Waals surface area contributed by atoms with Crippen LogP contribution in [-0.2, 0) is 16.1 Å². The van der Waals surface area contributed by atoms with Crippen LogP contribution in [-0.4, -0.2) is 22.0 Å². The van der Waals surface area contributed by atoms with Crippen LogP contribution < -0.4 is 11.1 Å². The molecule has 84 valence electrons. The highest BCUT2D eigenvalue weighted by Crippen LogP contribution is 2.24. The largest absolute Gasteiger partial charge is 0.326 e. The number of amides is 2. The molecular weight excluding hydrogens is 208 g/mol. The second kappa shape index (κ2) is 4.36. The fourth-order valence-electron chi connectivity index (χ4n) is 1.79. The summed E-state index contributed by atoms with van der Waals surface area (Å²) in [6.07, 6.45) is 2.34. The summed E-state index contributed by atoms with van der Waals surface area (Å²) in [5.41, 5.74) is 6.94. The minimum Gasteiger partial charge on any atom is -0.326 e. The Hall–Kier alpha value is -1.82. The van der Waals surface area contributed by atoms with Crippen LogP contribution in [0.3, 0.4) is 0 Å². The van der Waals surface area contributed by atoms with Gasteiger partial charge in [-0.3, -0.25) is 14.9 Å². The number of piperidine rings is 1. The van der Waals surface area contributed by atoms with Gasteiger partial charge in [0.15, 0.2) is 0 Å². The van der Waals surface area contributed by atoms with Crippen molar-refractivity contribution in [1.82, 2.24) is 15.5 Å². The van der Waals surface area contributed by atoms with Gasteiger partial charge in [-0.25, -0.2) is 0 Å². The van der Waals surface area contributed by atoms with Gasteiger partial charge >= 0.3 is 0 Å². The molecule has 1 atom stereocenters. The fraction of sp³-hybridized carbons (Fsp3) is 0.400. The molecule has 0 aromatic carbocycles. The van der Waals surface area contributed by atoms with E-state index >= 15 is 0 Å². The lowest BCUT2D eigenvalue weighted by atomic mass is 9.92. The molecule has 1 aromatic heterocycles. The zero-order chi connectivity index (χ0) is 11.5. The van der Waals surface area contributed by atoms with Gasteiger partial charge < -0.3 is 5.73 Å². The molecule has 0 radical (unpaired) electrons. The first-order chi connectivity index (χ1) is 7.72. The summed E-state index contributed by atoms with van der Waals surface area (Å²) in [4.78, 5) is 22.6. The molecule has 0 spiro atoms. The Bertz CT molecular complexity index is 433. The van der Waals surface area contributed by atoms with Gasteiger partial charge in [0.25, 0.3) is 0 Å². The number of aromatic nitrogens is 2. The maximum Gasteiger partial charge on any atom is 0.235 e. The Morgan fingerprint density at radius 3 is 3.00 bits per heavy atom. The molecule has 6 nitrogen and oxygen atoms in total. The smallest absolute Gasteiger partial charge is 0.235 e. The maximum absolute atomic E-state index is 11.6. The molecule has 1 aliphatic heterocycles. The Labute approximate surface area is 92.2 Å². The SMILES string of the molecule is NCc1ccnnc1C1CCC(=O)NC1=O. The van der Waals surface area contributed by atoms with E-state index in [0.29, 0.717) is 25.1 Å². The predicted octanol–water partition coefficient (Wildman–Crippen LogP) is -0.544. The average Bonchev–Trinajstić information content (AvgIpc) is 2.29. The molecule has 1 unspecified atom stereocenters. The number of hydrogen-bond donors (Lipinski definition) is 2. The Balaban J connectivity index is 2.30. The molecule has 2 rings (SSSR count). The molecule has 0 bridgehead atoms. The van der Waals surface area contributed by atoms with E-state index in [0.717, 1.165) is 5.56 Å². The van der Waals surface area contributed by atoms with Crippen LogP contribution in [0.2, 0.25) is 0 Å². The van der Waals surface area contributed by atoms with Crippen molar-refractivity contribution in [2.24, 2.45) is 5.73 Å². The van der Waals surface area contributed by atoms with E-state index in [1.54, 1.807) is 6.07 Å². The van der Waals surface area contributed by atoms with Crippen molar-refractivity contribution >= 4 is 11.8 Å². The number of carbonyl (C=O) groups excluding carboxylic acids is 2. The third-order valence-electron chi connectivity index (χ3n) is 2.63. The van der Waals surface area contributed by atoms with Gasteiger partial charge in [-0.15, -0.1) is 0 Å². The number of nitrogens with two attached hydrogens (primary N) is 1. The van der Waals surface area contributed by atoms with Gasteiger partial charge in [-0.1, -0.05) is 0 Å². The van der Waals surface area contributed by atoms with Gasteiger partial charge in [-0.05, 0) is 18.1 Å². The quantitative estimate of drug-likeness (QED) is 0.652. The molecule has 1 aromatic rings. The average molecular weight is 220 g/mol. The molecular formula is C10H12N4O2. The molecule has 0 saturated carbocycles. The summed E-state index contributed by atoms with van der Waals surface area (Å²) in [6.45, 7) is 0.308. The standard InChI is InChI=1S/C10H12N4O2/c11-5-6-3-4-12-14-9(6)7-1-2-8(15)13-10(7)16/h3-4,7H,1-2,5,11H2,(H,13,15,16). The van der Waals surface area contributed by atoms with Crippen molar-refractivity contribution in [3.05, 3.63) is 23.5 Å². The minimum absolute atomic E-state index is 0.237. The summed E-state index contributed by atoms with van der Waals surface area (Å²) in [7, 11) is 0. The van der Waals surface area contributed by atoms with Crippen LogP contribution in [0.4, 0.5) is 0 Å². The Morgan fingerprint density at radius 1 is 1.50 bits per heavy atom. The normalized spacial score (nSPS) is 20.7. The van der Waals surface area contributed by atoms with Crippen LogP contribution in [0.1, 0.15) is 30.0 Å². The van der Waals surface area contributed by atoms with Crippen LogP contribution in [0.15, 0.2) is 12.3 Å². The second-order valence-electron chi connectivity index (χ2n) is 3.65. The minimum atomic E-state index is -0.412. The Kier molecular flexibility index (Phi) is 2.91. The summed E-state index contributed by atoms with van der Waals surface area (Å²) < 4.78 is 0. The Morgan fingerprint density at radius 2 is 2.31 bits per heavy atom. The lowest BCUT2D eigenvalue weighted by Gasteiger charge is -2.21. The third-order valence-corrected chi connectivity index (χ3v) is 2.63. The lowest BCUT2D eigenvalue weighted by molar-refractivity contribution is -0.134. The number of hydrogen-bond acceptors (Lipinski definition) is 5. The summed E-state index contributed by atoms with van der Waals surface area (Å²) in [5, 5.41) is 9.99. The summed E-state index contributed by atoms with van der Waals surface area (Å²) >= 11 is 0. The van der Waals surface area contributed by atoms with E-state index in [1.807, 2.05) is 0 Å². The summed E-state index contributed by atoms with van der Waals surface area (Å²) in [5.74, 6) is -0.962. The van der Waals surface area contributed by atoms with Gasteiger partial charge in [0.05, 0.1) is 11.6 Å². The van der Waals surface area contributed by atoms with Crippen molar-refractivity contribution in [3.63, 3.8) is 0 Å². The van der Waals surface area contributed by atoms with Crippen molar-refractivity contribution in [1.29, 1.82) is 0 Å². The zero-order valence-electron chi connectivity index (χ0n) is 8.64. The van der Waals surface area contributed by atoms with Gasteiger partial charge in [0.1, 0.15) is 0 Å². The van der Waals surface area contributed by atoms with Gasteiger partial charge in [0.2, 0.25) is 11.8 Å². The first-order valence-corrected chi connectivity index (χ1v) is 5.06. The molecule has 6 heteroatoms. The highest BCUT2D eigenvalue weighted by molar-refractivity contribution is 6.00. The van der Waals surface area contributed by atoms with Crippen LogP contribution in [0.5, 0.6) is 0 Å². The van der Waals surface area contributed by atoms with E-state index in [9.17, 15) is 9.59 Å². The molecule has 0 aliphatic carbocycles. The number of rotatable bonds is 2. The monoisotopic (exact) mass is 220 g/mol.